The van der Waals surface area contributed by atoms with Gasteiger partial charge in [0.05, 0.1) is 11.0 Å². The van der Waals surface area contributed by atoms with Crippen molar-refractivity contribution in [1.82, 2.24) is 4.31 Å². The molecule has 0 saturated carbocycles. The molecule has 0 bridgehead atoms. The van der Waals surface area contributed by atoms with E-state index in [0.717, 1.165) is 50.2 Å². The van der Waals surface area contributed by atoms with Gasteiger partial charge in [0.25, 0.3) is 0 Å². The van der Waals surface area contributed by atoms with E-state index in [4.69, 9.17) is 5.73 Å². The highest BCUT2D eigenvalue weighted by molar-refractivity contribution is 8.05. The van der Waals surface area contributed by atoms with Crippen LogP contribution < -0.4 is 5.73 Å². The molecule has 19 heavy (non-hydrogen) atoms. The van der Waals surface area contributed by atoms with Gasteiger partial charge in [0, 0.05) is 24.5 Å². The van der Waals surface area contributed by atoms with Gasteiger partial charge >= 0.3 is 0 Å². The summed E-state index contributed by atoms with van der Waals surface area (Å²) in [5, 5.41) is 1.95. The van der Waals surface area contributed by atoms with Crippen molar-refractivity contribution in [2.75, 3.05) is 18.8 Å². The van der Waals surface area contributed by atoms with Crippen molar-refractivity contribution in [3.8, 4) is 0 Å². The summed E-state index contributed by atoms with van der Waals surface area (Å²) in [6, 6.07) is 0. The molecule has 0 aliphatic carbocycles. The topological polar surface area (TPSA) is 46.3 Å². The van der Waals surface area contributed by atoms with Crippen LogP contribution in [0.25, 0.3) is 0 Å². The van der Waals surface area contributed by atoms with Crippen LogP contribution in [0.2, 0.25) is 0 Å². The number of nitrogens with zero attached hydrogens (tertiary/aromatic N) is 1. The summed E-state index contributed by atoms with van der Waals surface area (Å²) in [4.78, 5) is 1.18. The summed E-state index contributed by atoms with van der Waals surface area (Å²) in [6.45, 7) is 10.0. The lowest BCUT2D eigenvalue weighted by Gasteiger charge is -2.31. The van der Waals surface area contributed by atoms with Crippen LogP contribution in [0.15, 0.2) is 22.6 Å². The van der Waals surface area contributed by atoms with Gasteiger partial charge in [-0.2, -0.15) is 0 Å². The van der Waals surface area contributed by atoms with E-state index in [-0.39, 0.29) is 0 Å². The standard InChI is InChI=1S/C14H26N2OS2/c1-4-5-10-19(17)16-8-6-14(7-9-16)13(3)18-11-12(2)15/h11,14H,3-10,15H2,1-2H3/b12-11-. The Morgan fingerprint density at radius 2 is 2.16 bits per heavy atom. The minimum atomic E-state index is -0.781. The van der Waals surface area contributed by atoms with Gasteiger partial charge in [-0.15, -0.1) is 11.8 Å². The lowest BCUT2D eigenvalue weighted by Crippen LogP contribution is -2.36. The Morgan fingerprint density at radius 1 is 1.53 bits per heavy atom. The van der Waals surface area contributed by atoms with Crippen LogP contribution in [-0.4, -0.2) is 27.4 Å². The third kappa shape index (κ3) is 6.15. The lowest BCUT2D eigenvalue weighted by molar-refractivity contribution is 0.317. The zero-order valence-electron chi connectivity index (χ0n) is 12.1. The molecule has 1 saturated heterocycles. The first-order chi connectivity index (χ1) is 9.04. The highest BCUT2D eigenvalue weighted by Gasteiger charge is 2.24. The Morgan fingerprint density at radius 3 is 2.68 bits per heavy atom. The molecule has 1 aliphatic rings. The van der Waals surface area contributed by atoms with Crippen LogP contribution in [0.5, 0.6) is 0 Å². The summed E-state index contributed by atoms with van der Waals surface area (Å²) in [6.07, 6.45) is 4.28. The number of unbranched alkanes of at least 4 members (excludes halogenated alkanes) is 1. The van der Waals surface area contributed by atoms with E-state index < -0.39 is 11.0 Å². The van der Waals surface area contributed by atoms with Crippen molar-refractivity contribution < 1.29 is 4.21 Å². The SMILES string of the molecule is C=C(S/C=C(/C)N)C1CCN(S(=O)CCCC)CC1. The van der Waals surface area contributed by atoms with E-state index in [1.54, 1.807) is 11.8 Å². The smallest absolute Gasteiger partial charge is 0.0942 e. The molecule has 1 fully saturated rings. The Labute approximate surface area is 124 Å². The second-order valence-electron chi connectivity index (χ2n) is 5.03. The maximum absolute atomic E-state index is 12.0. The van der Waals surface area contributed by atoms with Gasteiger partial charge in [0.2, 0.25) is 0 Å². The summed E-state index contributed by atoms with van der Waals surface area (Å²) < 4.78 is 14.2. The highest BCUT2D eigenvalue weighted by atomic mass is 32.2. The minimum Gasteiger partial charge on any atom is -0.402 e. The minimum absolute atomic E-state index is 0.528. The van der Waals surface area contributed by atoms with Gasteiger partial charge in [-0.25, -0.2) is 8.51 Å². The van der Waals surface area contributed by atoms with Crippen LogP contribution in [0.3, 0.4) is 0 Å². The van der Waals surface area contributed by atoms with Gasteiger partial charge < -0.3 is 5.73 Å². The van der Waals surface area contributed by atoms with Gasteiger partial charge in [-0.3, -0.25) is 0 Å². The second kappa shape index (κ2) is 8.82. The highest BCUT2D eigenvalue weighted by Crippen LogP contribution is 2.32. The molecule has 1 aliphatic heterocycles. The molecule has 5 heteroatoms. The molecule has 2 N–H and O–H groups in total. The number of thioether (sulfide) groups is 1. The quantitative estimate of drug-likeness (QED) is 0.785. The van der Waals surface area contributed by atoms with Crippen LogP contribution in [0.4, 0.5) is 0 Å². The maximum Gasteiger partial charge on any atom is 0.0942 e. The van der Waals surface area contributed by atoms with Crippen LogP contribution >= 0.6 is 11.8 Å². The van der Waals surface area contributed by atoms with Crippen molar-refractivity contribution in [3.05, 3.63) is 22.6 Å². The molecule has 0 amide bonds. The maximum atomic E-state index is 12.0. The van der Waals surface area contributed by atoms with Gasteiger partial charge in [0.1, 0.15) is 0 Å². The molecule has 0 spiro atoms. The summed E-state index contributed by atoms with van der Waals surface area (Å²) in [5.41, 5.74) is 6.45. The number of hydrogen-bond acceptors (Lipinski definition) is 3. The third-order valence-corrected chi connectivity index (χ3v) is 5.97. The predicted molar refractivity (Wildman–Crippen MR) is 86.9 cm³/mol. The number of rotatable bonds is 7. The molecule has 1 atom stereocenters. The normalized spacial score (nSPS) is 20.4. The monoisotopic (exact) mass is 302 g/mol. The zero-order valence-corrected chi connectivity index (χ0v) is 13.7. The van der Waals surface area contributed by atoms with Crippen molar-refractivity contribution in [2.24, 2.45) is 11.7 Å². The largest absolute Gasteiger partial charge is 0.402 e. The number of nitrogens with two attached hydrogens (primary N) is 1. The van der Waals surface area contributed by atoms with Gasteiger partial charge in [-0.1, -0.05) is 19.9 Å². The molecule has 3 nitrogen and oxygen atoms in total. The molecule has 1 heterocycles. The van der Waals surface area contributed by atoms with Crippen LogP contribution in [0.1, 0.15) is 39.5 Å². The van der Waals surface area contributed by atoms with E-state index in [2.05, 4.69) is 17.8 Å². The van der Waals surface area contributed by atoms with E-state index in [1.165, 1.54) is 4.91 Å². The molecule has 0 aromatic rings. The van der Waals surface area contributed by atoms with Crippen LogP contribution in [0, 0.1) is 5.92 Å². The molecule has 1 unspecified atom stereocenters. The first kappa shape index (κ1) is 16.8. The number of piperidine rings is 1. The molecule has 110 valence electrons. The Balaban J connectivity index is 2.34. The van der Waals surface area contributed by atoms with E-state index >= 15 is 0 Å². The molecule has 1 rings (SSSR count). The van der Waals surface area contributed by atoms with Crippen molar-refractivity contribution in [1.29, 1.82) is 0 Å². The average Bonchev–Trinajstić information content (AvgIpc) is 2.42. The van der Waals surface area contributed by atoms with Gasteiger partial charge in [-0.05, 0) is 42.4 Å². The number of allylic oxidation sites excluding steroid dienone is 2. The van der Waals surface area contributed by atoms with Crippen molar-refractivity contribution in [3.63, 3.8) is 0 Å². The molecule has 0 aromatic heterocycles. The van der Waals surface area contributed by atoms with Crippen molar-refractivity contribution >= 4 is 22.7 Å². The van der Waals surface area contributed by atoms with E-state index in [9.17, 15) is 4.21 Å². The van der Waals surface area contributed by atoms with Crippen LogP contribution in [-0.2, 0) is 11.0 Å². The van der Waals surface area contributed by atoms with Crippen molar-refractivity contribution in [2.45, 2.75) is 39.5 Å². The second-order valence-corrected chi connectivity index (χ2v) is 7.59. The summed E-state index contributed by atoms with van der Waals surface area (Å²) in [7, 11) is -0.781. The fraction of sp³-hybridized carbons (Fsp3) is 0.714. The molecular formula is C14H26N2OS2. The van der Waals surface area contributed by atoms with E-state index in [0.29, 0.717) is 5.92 Å². The van der Waals surface area contributed by atoms with E-state index in [1.807, 2.05) is 12.3 Å². The Hall–Kier alpha value is -0.260. The van der Waals surface area contributed by atoms with Gasteiger partial charge in [0.15, 0.2) is 0 Å². The third-order valence-electron chi connectivity index (χ3n) is 3.27. The summed E-state index contributed by atoms with van der Waals surface area (Å²) >= 11 is 1.64. The zero-order chi connectivity index (χ0) is 14.3. The Bertz CT molecular complexity index is 343. The Kier molecular flexibility index (Phi) is 7.80. The first-order valence-corrected chi connectivity index (χ1v) is 9.11. The fourth-order valence-corrected chi connectivity index (χ4v) is 4.22. The fourth-order valence-electron chi connectivity index (χ4n) is 2.04. The molecule has 0 aromatic carbocycles. The summed E-state index contributed by atoms with van der Waals surface area (Å²) in [5.74, 6) is 1.34. The average molecular weight is 303 g/mol. The lowest BCUT2D eigenvalue weighted by atomic mass is 9.98. The number of hydrogen-bond donors (Lipinski definition) is 1. The molecule has 0 radical (unpaired) electrons. The first-order valence-electron chi connectivity index (χ1n) is 6.95. The predicted octanol–water partition coefficient (Wildman–Crippen LogP) is 3.23. The molecular weight excluding hydrogens is 276 g/mol.